The van der Waals surface area contributed by atoms with E-state index < -0.39 is 17.5 Å². The highest BCUT2D eigenvalue weighted by molar-refractivity contribution is 14.1. The molecule has 0 bridgehead atoms. The molecule has 3 aromatic carbocycles. The first-order valence-corrected chi connectivity index (χ1v) is 7.64. The van der Waals surface area contributed by atoms with Crippen LogP contribution in [0.3, 0.4) is 0 Å². The first kappa shape index (κ1) is 15.1. The minimum absolute atomic E-state index is 0.320. The highest BCUT2D eigenvalue weighted by atomic mass is 127. The molecule has 0 fully saturated rings. The lowest BCUT2D eigenvalue weighted by molar-refractivity contribution is 0.447. The van der Waals surface area contributed by atoms with Gasteiger partial charge in [0, 0.05) is 3.57 Å². The zero-order chi connectivity index (χ0) is 15.7. The predicted molar refractivity (Wildman–Crippen MR) is 89.9 cm³/mol. The van der Waals surface area contributed by atoms with Crippen LogP contribution in [0.4, 0.5) is 13.2 Å². The van der Waals surface area contributed by atoms with Crippen LogP contribution in [0.15, 0.2) is 60.7 Å². The lowest BCUT2D eigenvalue weighted by Crippen LogP contribution is -1.93. The Morgan fingerprint density at radius 3 is 1.86 bits per heavy atom. The van der Waals surface area contributed by atoms with Crippen molar-refractivity contribution < 1.29 is 13.2 Å². The minimum atomic E-state index is -1.44. The summed E-state index contributed by atoms with van der Waals surface area (Å²) in [5.41, 5.74) is 3.05. The maximum atomic E-state index is 13.4. The van der Waals surface area contributed by atoms with E-state index in [1.54, 1.807) is 6.07 Å². The second kappa shape index (κ2) is 6.12. The molecular weight excluding hydrogens is 400 g/mol. The lowest BCUT2D eigenvalue weighted by atomic mass is 10.00. The Bertz CT molecular complexity index is 806. The third-order valence-electron chi connectivity index (χ3n) is 3.37. The number of hydrogen-bond acceptors (Lipinski definition) is 0. The van der Waals surface area contributed by atoms with Crippen LogP contribution >= 0.6 is 22.6 Å². The van der Waals surface area contributed by atoms with E-state index in [2.05, 4.69) is 22.6 Å². The topological polar surface area (TPSA) is 0 Å². The summed E-state index contributed by atoms with van der Waals surface area (Å²) < 4.78 is 40.7. The van der Waals surface area contributed by atoms with E-state index in [-0.39, 0.29) is 0 Å². The van der Waals surface area contributed by atoms with Gasteiger partial charge in [-0.05, 0) is 63.0 Å². The summed E-state index contributed by atoms with van der Waals surface area (Å²) >= 11 is 2.11. The molecule has 0 spiro atoms. The quantitative estimate of drug-likeness (QED) is 0.357. The fourth-order valence-electron chi connectivity index (χ4n) is 2.27. The van der Waals surface area contributed by atoms with Crippen LogP contribution < -0.4 is 0 Å². The molecule has 0 N–H and O–H groups in total. The normalized spacial score (nSPS) is 10.7. The highest BCUT2D eigenvalue weighted by Crippen LogP contribution is 2.31. The number of halogens is 4. The average molecular weight is 410 g/mol. The summed E-state index contributed by atoms with van der Waals surface area (Å²) in [6.45, 7) is 0. The molecule has 0 aliphatic carbocycles. The number of benzene rings is 3. The Kier molecular flexibility index (Phi) is 4.20. The van der Waals surface area contributed by atoms with Gasteiger partial charge in [0.2, 0.25) is 0 Å². The van der Waals surface area contributed by atoms with Gasteiger partial charge in [0.15, 0.2) is 17.5 Å². The van der Waals surface area contributed by atoms with Gasteiger partial charge >= 0.3 is 0 Å². The van der Waals surface area contributed by atoms with Crippen molar-refractivity contribution >= 4 is 22.6 Å². The minimum Gasteiger partial charge on any atom is -0.204 e. The van der Waals surface area contributed by atoms with Crippen LogP contribution in [0, 0.1) is 21.0 Å². The zero-order valence-electron chi connectivity index (χ0n) is 11.3. The molecule has 4 heteroatoms. The van der Waals surface area contributed by atoms with E-state index in [0.29, 0.717) is 11.1 Å². The molecule has 0 saturated carbocycles. The zero-order valence-corrected chi connectivity index (χ0v) is 13.4. The maximum absolute atomic E-state index is 13.4. The van der Waals surface area contributed by atoms with Crippen molar-refractivity contribution in [3.05, 3.63) is 81.7 Å². The molecule has 110 valence electrons. The van der Waals surface area contributed by atoms with Crippen molar-refractivity contribution in [2.45, 2.75) is 0 Å². The molecule has 0 atom stereocenters. The van der Waals surface area contributed by atoms with Crippen molar-refractivity contribution in [3.8, 4) is 22.3 Å². The average Bonchev–Trinajstić information content (AvgIpc) is 2.53. The van der Waals surface area contributed by atoms with Crippen LogP contribution in [-0.4, -0.2) is 0 Å². The van der Waals surface area contributed by atoms with Crippen molar-refractivity contribution in [1.29, 1.82) is 0 Å². The Morgan fingerprint density at radius 2 is 1.27 bits per heavy atom. The molecule has 0 unspecified atom stereocenters. The monoisotopic (exact) mass is 410 g/mol. The first-order valence-electron chi connectivity index (χ1n) is 6.56. The summed E-state index contributed by atoms with van der Waals surface area (Å²) in [7, 11) is 0. The lowest BCUT2D eigenvalue weighted by Gasteiger charge is -2.09. The van der Waals surface area contributed by atoms with Gasteiger partial charge in [-0.25, -0.2) is 13.2 Å². The molecule has 0 aliphatic rings. The van der Waals surface area contributed by atoms with Gasteiger partial charge in [-0.15, -0.1) is 0 Å². The van der Waals surface area contributed by atoms with Gasteiger partial charge in [-0.1, -0.05) is 42.5 Å². The van der Waals surface area contributed by atoms with Crippen molar-refractivity contribution in [2.24, 2.45) is 0 Å². The van der Waals surface area contributed by atoms with Gasteiger partial charge in [0.05, 0.1) is 0 Å². The van der Waals surface area contributed by atoms with E-state index in [0.717, 1.165) is 26.8 Å². The standard InChI is InChI=1S/C18H10F3I/c19-15-8-13(9-16(20)18(15)21)14-7-6-12(10-17(14)22)11-4-2-1-3-5-11/h1-10H. The number of rotatable bonds is 2. The fraction of sp³-hybridized carbons (Fsp3) is 0. The van der Waals surface area contributed by atoms with Crippen LogP contribution in [0.2, 0.25) is 0 Å². The van der Waals surface area contributed by atoms with Crippen molar-refractivity contribution in [2.75, 3.05) is 0 Å². The molecule has 0 radical (unpaired) electrons. The van der Waals surface area contributed by atoms with Gasteiger partial charge < -0.3 is 0 Å². The Labute approximate surface area is 139 Å². The molecule has 0 heterocycles. The molecule has 0 saturated heterocycles. The Hall–Kier alpha value is -1.82. The molecule has 22 heavy (non-hydrogen) atoms. The van der Waals surface area contributed by atoms with E-state index in [9.17, 15) is 13.2 Å². The largest absolute Gasteiger partial charge is 0.204 e. The summed E-state index contributed by atoms with van der Waals surface area (Å²) in [5, 5.41) is 0. The molecule has 0 amide bonds. The molecule has 0 aromatic heterocycles. The molecule has 0 nitrogen and oxygen atoms in total. The van der Waals surface area contributed by atoms with Gasteiger partial charge in [0.1, 0.15) is 0 Å². The van der Waals surface area contributed by atoms with Crippen LogP contribution in [-0.2, 0) is 0 Å². The molecular formula is C18H10F3I. The Morgan fingerprint density at radius 1 is 0.636 bits per heavy atom. The SMILES string of the molecule is Fc1cc(-c2ccc(-c3ccccc3)cc2I)cc(F)c1F. The van der Waals surface area contributed by atoms with Crippen LogP contribution in [0.1, 0.15) is 0 Å². The fourth-order valence-corrected chi connectivity index (χ4v) is 3.10. The summed E-state index contributed by atoms with van der Waals surface area (Å²) in [6, 6.07) is 17.4. The molecule has 3 aromatic rings. The van der Waals surface area contributed by atoms with E-state index in [1.807, 2.05) is 42.5 Å². The summed E-state index contributed by atoms with van der Waals surface area (Å²) in [4.78, 5) is 0. The molecule has 0 aliphatic heterocycles. The summed E-state index contributed by atoms with van der Waals surface area (Å²) in [5.74, 6) is -3.81. The van der Waals surface area contributed by atoms with Gasteiger partial charge in [-0.2, -0.15) is 0 Å². The smallest absolute Gasteiger partial charge is 0.194 e. The molecule has 3 rings (SSSR count). The van der Waals surface area contributed by atoms with Crippen molar-refractivity contribution in [1.82, 2.24) is 0 Å². The summed E-state index contributed by atoms with van der Waals surface area (Å²) in [6.07, 6.45) is 0. The third-order valence-corrected chi connectivity index (χ3v) is 4.26. The van der Waals surface area contributed by atoms with Gasteiger partial charge in [0.25, 0.3) is 0 Å². The van der Waals surface area contributed by atoms with Crippen LogP contribution in [0.25, 0.3) is 22.3 Å². The highest BCUT2D eigenvalue weighted by Gasteiger charge is 2.13. The van der Waals surface area contributed by atoms with E-state index >= 15 is 0 Å². The van der Waals surface area contributed by atoms with Crippen molar-refractivity contribution in [3.63, 3.8) is 0 Å². The number of hydrogen-bond donors (Lipinski definition) is 0. The first-order chi connectivity index (χ1) is 10.6. The maximum Gasteiger partial charge on any atom is 0.194 e. The van der Waals surface area contributed by atoms with E-state index in [4.69, 9.17) is 0 Å². The Balaban J connectivity index is 2.07. The predicted octanol–water partition coefficient (Wildman–Crippen LogP) is 6.04. The third kappa shape index (κ3) is 2.88. The van der Waals surface area contributed by atoms with Crippen LogP contribution in [0.5, 0.6) is 0 Å². The second-order valence-electron chi connectivity index (χ2n) is 4.81. The second-order valence-corrected chi connectivity index (χ2v) is 5.98. The van der Waals surface area contributed by atoms with E-state index in [1.165, 1.54) is 0 Å². The van der Waals surface area contributed by atoms with Gasteiger partial charge in [-0.3, -0.25) is 0 Å².